The Hall–Kier alpha value is -7.43. The second kappa shape index (κ2) is 19.1. The fourth-order valence-corrected chi connectivity index (χ4v) is 8.33. The number of carbonyl (C=O) groups is 2. The minimum atomic E-state index is -1.12. The molecule has 0 unspecified atom stereocenters. The van der Waals surface area contributed by atoms with Crippen LogP contribution in [0, 0.1) is 0 Å². The molecule has 5 aromatic carbocycles. The highest BCUT2D eigenvalue weighted by atomic mass is 16.6. The molecule has 2 aliphatic heterocycles. The van der Waals surface area contributed by atoms with Crippen molar-refractivity contribution in [1.82, 2.24) is 0 Å². The average molecular weight is 899 g/mol. The number of hydrogen-bond donors (Lipinski definition) is 0. The second-order valence-electron chi connectivity index (χ2n) is 14.8. The van der Waals surface area contributed by atoms with Gasteiger partial charge in [-0.05, 0) is 35.7 Å². The van der Waals surface area contributed by atoms with Gasteiger partial charge in [0.15, 0.2) is 41.0 Å². The number of hydrogen-bond acceptors (Lipinski definition) is 17. The van der Waals surface area contributed by atoms with Crippen LogP contribution in [0.1, 0.15) is 51.7 Å². The average Bonchev–Trinajstić information content (AvgIpc) is 3.47. The summed E-state index contributed by atoms with van der Waals surface area (Å²) in [5.74, 6) is 2.13. The molecule has 0 amide bonds. The van der Waals surface area contributed by atoms with E-state index in [0.29, 0.717) is 62.1 Å². The first kappa shape index (κ1) is 45.6. The summed E-state index contributed by atoms with van der Waals surface area (Å²) >= 11 is 0. The van der Waals surface area contributed by atoms with Crippen molar-refractivity contribution < 1.29 is 75.9 Å². The van der Waals surface area contributed by atoms with Crippen LogP contribution >= 0.6 is 0 Å². The zero-order valence-electron chi connectivity index (χ0n) is 37.9. The lowest BCUT2D eigenvalue weighted by Gasteiger charge is -2.35. The first-order valence-corrected chi connectivity index (χ1v) is 20.2. The van der Waals surface area contributed by atoms with Crippen LogP contribution in [0.5, 0.6) is 69.0 Å². The molecule has 17 nitrogen and oxygen atoms in total. The Morgan fingerprint density at radius 3 is 1.48 bits per heavy atom. The van der Waals surface area contributed by atoms with Crippen molar-refractivity contribution in [2.75, 3.05) is 71.1 Å². The van der Waals surface area contributed by atoms with E-state index in [0.717, 1.165) is 0 Å². The Morgan fingerprint density at radius 1 is 0.508 bits per heavy atom. The Balaban J connectivity index is 1.49. The van der Waals surface area contributed by atoms with E-state index in [2.05, 4.69) is 0 Å². The van der Waals surface area contributed by atoms with E-state index in [1.165, 1.54) is 96.2 Å². The van der Waals surface area contributed by atoms with Gasteiger partial charge in [-0.15, -0.1) is 0 Å². The summed E-state index contributed by atoms with van der Waals surface area (Å²) in [4.78, 5) is 42.0. The van der Waals surface area contributed by atoms with E-state index in [9.17, 15) is 14.4 Å². The minimum absolute atomic E-state index is 0.0506. The molecule has 0 aromatic heterocycles. The topological polar surface area (TPSA) is 180 Å². The van der Waals surface area contributed by atoms with E-state index in [1.807, 2.05) is 0 Å². The SMILES string of the molecule is COc1cc(OC)c2c(c1)O[C@H](c1cc(OC)c(=O)c3c(OC)c(OC)cc([C@H]4Oc5cc(OC)cc(OC)c5C[C@H]4OC(C)=O)c3c1)[C@H](OC(=O)c1cc(OC)c(OC)c(OC)c1)C2. The van der Waals surface area contributed by atoms with Gasteiger partial charge in [-0.2, -0.15) is 0 Å². The van der Waals surface area contributed by atoms with Crippen molar-refractivity contribution in [1.29, 1.82) is 0 Å². The molecular formula is C48H50O17. The molecule has 5 aromatic rings. The number of esters is 2. The van der Waals surface area contributed by atoms with Gasteiger partial charge >= 0.3 is 11.9 Å². The summed E-state index contributed by atoms with van der Waals surface area (Å²) < 4.78 is 82.6. The lowest BCUT2D eigenvalue weighted by Crippen LogP contribution is -2.35. The number of benzene rings is 4. The maximum absolute atomic E-state index is 14.9. The molecule has 0 saturated heterocycles. The maximum atomic E-state index is 14.9. The van der Waals surface area contributed by atoms with Gasteiger partial charge in [0.1, 0.15) is 46.7 Å². The monoisotopic (exact) mass is 898 g/mol. The van der Waals surface area contributed by atoms with Crippen LogP contribution in [0.4, 0.5) is 0 Å². The molecule has 344 valence electrons. The van der Waals surface area contributed by atoms with Crippen LogP contribution in [-0.2, 0) is 27.1 Å². The Kier molecular flexibility index (Phi) is 13.4. The first-order chi connectivity index (χ1) is 31.4. The number of ether oxygens (including phenoxy) is 14. The highest BCUT2D eigenvalue weighted by Gasteiger charge is 2.41. The van der Waals surface area contributed by atoms with Crippen LogP contribution in [0.3, 0.4) is 0 Å². The zero-order valence-corrected chi connectivity index (χ0v) is 37.9. The third-order valence-electron chi connectivity index (χ3n) is 11.3. The molecule has 0 N–H and O–H groups in total. The van der Waals surface area contributed by atoms with Crippen LogP contribution < -0.4 is 62.3 Å². The van der Waals surface area contributed by atoms with Crippen LogP contribution in [-0.4, -0.2) is 95.2 Å². The lowest BCUT2D eigenvalue weighted by molar-refractivity contribution is -0.152. The molecule has 17 heteroatoms. The Bertz CT molecular complexity index is 2670. The molecule has 2 heterocycles. The Labute approximate surface area is 374 Å². The number of fused-ring (bicyclic) bond motifs is 3. The van der Waals surface area contributed by atoms with Crippen molar-refractivity contribution in [3.8, 4) is 69.0 Å². The third kappa shape index (κ3) is 8.53. The minimum Gasteiger partial charge on any atom is -0.496 e. The van der Waals surface area contributed by atoms with E-state index in [4.69, 9.17) is 66.3 Å². The summed E-state index contributed by atoms with van der Waals surface area (Å²) in [7, 11) is 14.6. The normalized spacial score (nSPS) is 17.2. The van der Waals surface area contributed by atoms with E-state index in [-0.39, 0.29) is 58.3 Å². The molecule has 4 atom stereocenters. The fraction of sp³-hybridized carbons (Fsp3) is 0.354. The largest absolute Gasteiger partial charge is 0.496 e. The van der Waals surface area contributed by atoms with Gasteiger partial charge in [0.2, 0.25) is 11.2 Å². The van der Waals surface area contributed by atoms with Crippen LogP contribution in [0.25, 0.3) is 10.8 Å². The second-order valence-corrected chi connectivity index (χ2v) is 14.8. The predicted octanol–water partition coefficient (Wildman–Crippen LogP) is 6.80. The van der Waals surface area contributed by atoms with Crippen molar-refractivity contribution in [2.45, 2.75) is 44.2 Å². The van der Waals surface area contributed by atoms with Crippen molar-refractivity contribution in [2.24, 2.45) is 0 Å². The van der Waals surface area contributed by atoms with Gasteiger partial charge in [0.25, 0.3) is 0 Å². The molecular weight excluding hydrogens is 849 g/mol. The highest BCUT2D eigenvalue weighted by Crippen LogP contribution is 2.49. The molecule has 2 aliphatic rings. The third-order valence-corrected chi connectivity index (χ3v) is 11.3. The first-order valence-electron chi connectivity index (χ1n) is 20.2. The smallest absolute Gasteiger partial charge is 0.338 e. The van der Waals surface area contributed by atoms with Gasteiger partial charge in [0.05, 0.1) is 82.0 Å². The molecule has 0 aliphatic carbocycles. The van der Waals surface area contributed by atoms with E-state index in [1.54, 1.807) is 36.4 Å². The van der Waals surface area contributed by atoms with Crippen molar-refractivity contribution in [3.05, 3.63) is 92.6 Å². The number of rotatable bonds is 15. The quantitative estimate of drug-likeness (QED) is 0.100. The van der Waals surface area contributed by atoms with Gasteiger partial charge in [0, 0.05) is 66.3 Å². The molecule has 7 rings (SSSR count). The van der Waals surface area contributed by atoms with E-state index >= 15 is 0 Å². The number of carbonyl (C=O) groups excluding carboxylic acids is 2. The molecule has 0 bridgehead atoms. The summed E-state index contributed by atoms with van der Waals surface area (Å²) in [5.41, 5.74) is 1.44. The number of methoxy groups -OCH3 is 10. The van der Waals surface area contributed by atoms with Gasteiger partial charge < -0.3 is 66.3 Å². The fourth-order valence-electron chi connectivity index (χ4n) is 8.33. The van der Waals surface area contributed by atoms with Crippen LogP contribution in [0.2, 0.25) is 0 Å². The Morgan fingerprint density at radius 2 is 1.00 bits per heavy atom. The summed E-state index contributed by atoms with van der Waals surface area (Å²) in [6.07, 6.45) is -3.96. The molecule has 0 fully saturated rings. The highest BCUT2D eigenvalue weighted by molar-refractivity contribution is 5.95. The van der Waals surface area contributed by atoms with Gasteiger partial charge in [-0.25, -0.2) is 4.79 Å². The van der Waals surface area contributed by atoms with E-state index < -0.39 is 41.8 Å². The lowest BCUT2D eigenvalue weighted by atomic mass is 9.89. The molecule has 0 spiro atoms. The zero-order chi connectivity index (χ0) is 46.7. The maximum Gasteiger partial charge on any atom is 0.338 e. The molecule has 65 heavy (non-hydrogen) atoms. The molecule has 0 saturated carbocycles. The van der Waals surface area contributed by atoms with Crippen molar-refractivity contribution in [3.63, 3.8) is 0 Å². The van der Waals surface area contributed by atoms with Gasteiger partial charge in [-0.3, -0.25) is 9.59 Å². The predicted molar refractivity (Wildman–Crippen MR) is 234 cm³/mol. The van der Waals surface area contributed by atoms with Crippen molar-refractivity contribution >= 4 is 22.7 Å². The van der Waals surface area contributed by atoms with Gasteiger partial charge in [-0.1, -0.05) is 0 Å². The summed E-state index contributed by atoms with van der Waals surface area (Å²) in [6.45, 7) is 1.30. The standard InChI is InChI=1S/C48H50O17/c1-23(49)62-41-22-31-33(55-5)17-27(53-3)19-35(31)64-45(41)29-20-39(59-9)47(61-11)42-28(29)12-24(13-36(56-6)43(42)50)44-40(21-30-32(54-4)16-26(52-2)18-34(30)63-44)65-48(51)25-14-37(57-7)46(60-10)38(15-25)58-8/h12-20,40-41,44-45H,21-22H2,1-11H3/t40-,41-,44-,45-/m1/s1. The summed E-state index contributed by atoms with van der Waals surface area (Å²) in [5, 5.41) is 0.341. The summed E-state index contributed by atoms with van der Waals surface area (Å²) in [6, 6.07) is 14.6. The molecule has 0 radical (unpaired) electrons. The van der Waals surface area contributed by atoms with Crippen LogP contribution in [0.15, 0.2) is 59.4 Å².